The molecule has 4 heterocycles. The Morgan fingerprint density at radius 2 is 1.69 bits per heavy atom. The maximum atomic E-state index is 13.7. The van der Waals surface area contributed by atoms with Crippen molar-refractivity contribution in [1.82, 2.24) is 23.9 Å². The van der Waals surface area contributed by atoms with Crippen LogP contribution in [0.25, 0.3) is 16.7 Å². The number of para-hydroxylation sites is 1. The van der Waals surface area contributed by atoms with Gasteiger partial charge in [0, 0.05) is 43.4 Å². The third-order valence-electron chi connectivity index (χ3n) is 8.54. The fraction of sp³-hybridized carbons (Fsp3) is 0.387. The summed E-state index contributed by atoms with van der Waals surface area (Å²) < 4.78 is 3.41. The lowest BCUT2D eigenvalue weighted by Crippen LogP contribution is -2.52. The fourth-order valence-corrected chi connectivity index (χ4v) is 6.27. The zero-order valence-electron chi connectivity index (χ0n) is 22.3. The van der Waals surface area contributed by atoms with Crippen LogP contribution in [0.2, 0.25) is 0 Å². The summed E-state index contributed by atoms with van der Waals surface area (Å²) in [5.74, 6) is 0.289. The average molecular weight is 526 g/mol. The Labute approximate surface area is 228 Å². The summed E-state index contributed by atoms with van der Waals surface area (Å²) in [6.07, 6.45) is 5.07. The van der Waals surface area contributed by atoms with Crippen molar-refractivity contribution in [2.45, 2.75) is 37.3 Å². The second-order valence-corrected chi connectivity index (χ2v) is 11.2. The smallest absolute Gasteiger partial charge is 0.262 e. The Hall–Kier alpha value is -3.75. The molecule has 4 aromatic rings. The van der Waals surface area contributed by atoms with Gasteiger partial charge in [-0.05, 0) is 56.6 Å². The lowest BCUT2D eigenvalue weighted by atomic mass is 9.79. The number of rotatable bonds is 5. The van der Waals surface area contributed by atoms with Crippen LogP contribution in [0.4, 0.5) is 0 Å². The van der Waals surface area contributed by atoms with Crippen LogP contribution in [-0.2, 0) is 11.3 Å². The van der Waals surface area contributed by atoms with Gasteiger partial charge >= 0.3 is 0 Å². The minimum absolute atomic E-state index is 0.0577. The average Bonchev–Trinajstić information content (AvgIpc) is 3.40. The SMILES string of the molecule is CN1CC[C@@H](C(=O)N2CCC(O)(Cn3cnc4c(ccn4-c4ccccc4)c3=O)CC2)[C@H](c2ccccc2)C1. The number of fused-ring (bicyclic) bond motifs is 1. The number of carbonyl (C=O) groups is 1. The number of benzene rings is 2. The molecule has 2 fully saturated rings. The van der Waals surface area contributed by atoms with Crippen LogP contribution in [-0.4, -0.2) is 73.8 Å². The normalized spacial score (nSPS) is 21.7. The quantitative estimate of drug-likeness (QED) is 0.433. The van der Waals surface area contributed by atoms with Crippen LogP contribution >= 0.6 is 0 Å². The van der Waals surface area contributed by atoms with E-state index < -0.39 is 5.60 Å². The monoisotopic (exact) mass is 525 g/mol. The van der Waals surface area contributed by atoms with E-state index in [0.29, 0.717) is 37.0 Å². The summed E-state index contributed by atoms with van der Waals surface area (Å²) in [5, 5.41) is 12.0. The van der Waals surface area contributed by atoms with Gasteiger partial charge in [-0.2, -0.15) is 0 Å². The van der Waals surface area contributed by atoms with Crippen molar-refractivity contribution in [2.75, 3.05) is 33.2 Å². The summed E-state index contributed by atoms with van der Waals surface area (Å²) >= 11 is 0. The van der Waals surface area contributed by atoms with E-state index in [1.165, 1.54) is 16.5 Å². The van der Waals surface area contributed by atoms with Crippen molar-refractivity contribution < 1.29 is 9.90 Å². The number of aromatic nitrogens is 3. The predicted molar refractivity (Wildman–Crippen MR) is 151 cm³/mol. The van der Waals surface area contributed by atoms with E-state index in [1.54, 1.807) is 6.07 Å². The molecule has 2 saturated heterocycles. The molecule has 202 valence electrons. The van der Waals surface area contributed by atoms with E-state index in [1.807, 2.05) is 64.2 Å². The minimum Gasteiger partial charge on any atom is -0.388 e. The third kappa shape index (κ3) is 5.02. The van der Waals surface area contributed by atoms with Gasteiger partial charge in [0.05, 0.1) is 17.5 Å². The number of nitrogens with zero attached hydrogens (tertiary/aromatic N) is 5. The number of hydrogen-bond donors (Lipinski definition) is 1. The minimum atomic E-state index is -1.07. The topological polar surface area (TPSA) is 83.6 Å². The highest BCUT2D eigenvalue weighted by atomic mass is 16.3. The van der Waals surface area contributed by atoms with Crippen LogP contribution in [0.5, 0.6) is 0 Å². The molecule has 1 N–H and O–H groups in total. The Morgan fingerprint density at radius 3 is 2.41 bits per heavy atom. The van der Waals surface area contributed by atoms with E-state index in [-0.39, 0.29) is 29.8 Å². The molecule has 1 amide bonds. The van der Waals surface area contributed by atoms with E-state index >= 15 is 0 Å². The van der Waals surface area contributed by atoms with E-state index in [4.69, 9.17) is 0 Å². The Bertz CT molecular complexity index is 1510. The molecule has 2 aliphatic rings. The lowest BCUT2D eigenvalue weighted by molar-refractivity contribution is -0.142. The fourth-order valence-electron chi connectivity index (χ4n) is 6.27. The molecule has 8 heteroatoms. The van der Waals surface area contributed by atoms with Gasteiger partial charge in [-0.15, -0.1) is 0 Å². The van der Waals surface area contributed by atoms with Gasteiger partial charge in [0.25, 0.3) is 5.56 Å². The third-order valence-corrected chi connectivity index (χ3v) is 8.54. The molecule has 2 aromatic carbocycles. The number of aliphatic hydroxyl groups is 1. The number of carbonyl (C=O) groups excluding carboxylic acids is 1. The van der Waals surface area contributed by atoms with Crippen LogP contribution in [0.3, 0.4) is 0 Å². The first-order valence-corrected chi connectivity index (χ1v) is 13.8. The first-order chi connectivity index (χ1) is 18.9. The highest BCUT2D eigenvalue weighted by molar-refractivity contribution is 5.80. The zero-order valence-corrected chi connectivity index (χ0v) is 22.3. The molecule has 8 nitrogen and oxygen atoms in total. The van der Waals surface area contributed by atoms with Crippen molar-refractivity contribution in [3.63, 3.8) is 0 Å². The van der Waals surface area contributed by atoms with Crippen LogP contribution < -0.4 is 5.56 Å². The van der Waals surface area contributed by atoms with Gasteiger partial charge in [0.2, 0.25) is 5.91 Å². The highest BCUT2D eigenvalue weighted by Gasteiger charge is 2.40. The van der Waals surface area contributed by atoms with Gasteiger partial charge in [-0.25, -0.2) is 4.98 Å². The molecule has 6 rings (SSSR count). The molecule has 0 spiro atoms. The van der Waals surface area contributed by atoms with Gasteiger partial charge < -0.3 is 19.5 Å². The lowest BCUT2D eigenvalue weighted by Gasteiger charge is -2.42. The van der Waals surface area contributed by atoms with Crippen LogP contribution in [0.1, 0.15) is 30.7 Å². The molecule has 0 radical (unpaired) electrons. The second-order valence-electron chi connectivity index (χ2n) is 11.2. The van der Waals surface area contributed by atoms with Gasteiger partial charge in [-0.3, -0.25) is 14.2 Å². The Kier molecular flexibility index (Phi) is 6.83. The van der Waals surface area contributed by atoms with Crippen molar-refractivity contribution in [3.8, 4) is 5.69 Å². The standard InChI is InChI=1S/C31H35N5O3/c1-33-16-12-25(27(20-33)23-8-4-2-5-9-23)29(37)34-18-14-31(39,15-19-34)21-35-22-32-28-26(30(35)38)13-17-36(28)24-10-6-3-7-11-24/h2-11,13,17,22,25,27,39H,12,14-16,18-21H2,1H3/t25-,27+/m1/s1. The van der Waals surface area contributed by atoms with E-state index in [0.717, 1.165) is 25.2 Å². The van der Waals surface area contributed by atoms with Crippen LogP contribution in [0, 0.1) is 5.92 Å². The number of hydrogen-bond acceptors (Lipinski definition) is 5. The Morgan fingerprint density at radius 1 is 1.00 bits per heavy atom. The summed E-state index contributed by atoms with van der Waals surface area (Å²) in [5.41, 5.74) is 1.51. The molecule has 0 aliphatic carbocycles. The van der Waals surface area contributed by atoms with Crippen molar-refractivity contribution in [1.29, 1.82) is 0 Å². The van der Waals surface area contributed by atoms with Crippen LogP contribution in [0.15, 0.2) is 84.0 Å². The molecule has 2 atom stereocenters. The molecular formula is C31H35N5O3. The summed E-state index contributed by atoms with van der Waals surface area (Å²) in [6, 6.07) is 21.9. The highest BCUT2D eigenvalue weighted by Crippen LogP contribution is 2.35. The molecule has 0 unspecified atom stereocenters. The van der Waals surface area contributed by atoms with E-state index in [2.05, 4.69) is 29.1 Å². The predicted octanol–water partition coefficient (Wildman–Crippen LogP) is 3.28. The first-order valence-electron chi connectivity index (χ1n) is 13.8. The van der Waals surface area contributed by atoms with Gasteiger partial charge in [0.1, 0.15) is 6.33 Å². The van der Waals surface area contributed by atoms with Gasteiger partial charge in [0.15, 0.2) is 5.65 Å². The zero-order chi connectivity index (χ0) is 27.0. The molecule has 2 aliphatic heterocycles. The number of likely N-dealkylation sites (tertiary alicyclic amines) is 2. The maximum absolute atomic E-state index is 13.7. The molecule has 0 bridgehead atoms. The molecule has 39 heavy (non-hydrogen) atoms. The summed E-state index contributed by atoms with van der Waals surface area (Å²) in [7, 11) is 2.11. The largest absolute Gasteiger partial charge is 0.388 e. The first kappa shape index (κ1) is 25.5. The Balaban J connectivity index is 1.15. The number of amides is 1. The summed E-state index contributed by atoms with van der Waals surface area (Å²) in [4.78, 5) is 35.8. The summed E-state index contributed by atoms with van der Waals surface area (Å²) in [6.45, 7) is 2.90. The van der Waals surface area contributed by atoms with Crippen molar-refractivity contribution in [2.24, 2.45) is 5.92 Å². The molecule has 2 aromatic heterocycles. The number of piperidine rings is 2. The van der Waals surface area contributed by atoms with Gasteiger partial charge in [-0.1, -0.05) is 48.5 Å². The van der Waals surface area contributed by atoms with Crippen molar-refractivity contribution >= 4 is 16.9 Å². The van der Waals surface area contributed by atoms with E-state index in [9.17, 15) is 14.7 Å². The second kappa shape index (κ2) is 10.4. The number of likely N-dealkylation sites (N-methyl/N-ethyl adjacent to an activating group) is 1. The maximum Gasteiger partial charge on any atom is 0.262 e. The molecular weight excluding hydrogens is 490 g/mol. The van der Waals surface area contributed by atoms with Crippen molar-refractivity contribution in [3.05, 3.63) is 95.2 Å². The molecule has 0 saturated carbocycles.